The zero-order chi connectivity index (χ0) is 17.9. The van der Waals surface area contributed by atoms with Crippen molar-refractivity contribution in [2.75, 3.05) is 18.5 Å². The van der Waals surface area contributed by atoms with Crippen LogP contribution in [0.3, 0.4) is 0 Å². The number of benzene rings is 2. The van der Waals surface area contributed by atoms with Crippen LogP contribution < -0.4 is 15.4 Å². The first-order chi connectivity index (χ1) is 12.3. The number of para-hydroxylation sites is 1. The SMILES string of the molecule is CC.O=C(NCCOc1cccc2cnccc12)Nc1ccccc1.[HH].[HH]. The van der Waals surface area contributed by atoms with E-state index in [0.717, 1.165) is 22.2 Å². The lowest BCUT2D eigenvalue weighted by atomic mass is 10.1. The van der Waals surface area contributed by atoms with Crippen LogP contribution in [0, 0.1) is 0 Å². The number of carbonyl (C=O) groups excluding carboxylic acids is 1. The molecule has 5 heteroatoms. The first-order valence-electron chi connectivity index (χ1n) is 8.38. The topological polar surface area (TPSA) is 63.2 Å². The molecule has 0 fully saturated rings. The lowest BCUT2D eigenvalue weighted by molar-refractivity contribution is 0.247. The van der Waals surface area contributed by atoms with Crippen molar-refractivity contribution < 1.29 is 12.4 Å². The number of pyridine rings is 1. The van der Waals surface area contributed by atoms with Crippen molar-refractivity contribution in [3.8, 4) is 5.75 Å². The molecule has 1 heterocycles. The van der Waals surface area contributed by atoms with Gasteiger partial charge in [0.15, 0.2) is 0 Å². The lowest BCUT2D eigenvalue weighted by Gasteiger charge is -2.10. The van der Waals surface area contributed by atoms with Gasteiger partial charge >= 0.3 is 6.03 Å². The Balaban J connectivity index is 0.00000164. The number of nitrogens with one attached hydrogen (secondary N) is 2. The average molecular weight is 341 g/mol. The molecule has 0 saturated carbocycles. The summed E-state index contributed by atoms with van der Waals surface area (Å²) in [5.41, 5.74) is 0.757. The van der Waals surface area contributed by atoms with Crippen molar-refractivity contribution in [1.82, 2.24) is 10.3 Å². The normalized spacial score (nSPS) is 9.68. The molecule has 0 unspecified atom stereocenters. The number of hydrogen-bond acceptors (Lipinski definition) is 3. The zero-order valence-corrected chi connectivity index (χ0v) is 14.5. The highest BCUT2D eigenvalue weighted by Gasteiger charge is 2.03. The number of ether oxygens (including phenoxy) is 1. The number of amides is 2. The molecular weight excluding hydrogens is 314 g/mol. The zero-order valence-electron chi connectivity index (χ0n) is 14.5. The van der Waals surface area contributed by atoms with Gasteiger partial charge in [-0.15, -0.1) is 0 Å². The van der Waals surface area contributed by atoms with Gasteiger partial charge in [0.2, 0.25) is 0 Å². The van der Waals surface area contributed by atoms with E-state index in [2.05, 4.69) is 15.6 Å². The summed E-state index contributed by atoms with van der Waals surface area (Å²) in [5, 5.41) is 7.56. The number of rotatable bonds is 5. The third-order valence-electron chi connectivity index (χ3n) is 3.32. The molecule has 3 rings (SSSR count). The number of carbonyl (C=O) groups is 1. The third-order valence-corrected chi connectivity index (χ3v) is 3.32. The fourth-order valence-corrected chi connectivity index (χ4v) is 2.24. The summed E-state index contributed by atoms with van der Waals surface area (Å²) in [4.78, 5) is 15.8. The molecule has 2 amide bonds. The first kappa shape index (κ1) is 18.3. The Labute approximate surface area is 151 Å². The summed E-state index contributed by atoms with van der Waals surface area (Å²) in [5.74, 6) is 0.787. The quantitative estimate of drug-likeness (QED) is 0.645. The fraction of sp³-hybridized carbons (Fsp3) is 0.200. The van der Waals surface area contributed by atoms with Gasteiger partial charge in [-0.3, -0.25) is 4.98 Å². The maximum atomic E-state index is 11.8. The molecule has 0 aliphatic heterocycles. The highest BCUT2D eigenvalue weighted by molar-refractivity contribution is 5.89. The number of hydrogen-bond donors (Lipinski definition) is 2. The van der Waals surface area contributed by atoms with Crippen LogP contribution >= 0.6 is 0 Å². The number of anilines is 1. The van der Waals surface area contributed by atoms with Gasteiger partial charge in [0.05, 0.1) is 6.54 Å². The van der Waals surface area contributed by atoms with E-state index in [9.17, 15) is 4.79 Å². The molecule has 0 radical (unpaired) electrons. The minimum absolute atomic E-state index is 0. The van der Waals surface area contributed by atoms with Crippen molar-refractivity contribution in [3.63, 3.8) is 0 Å². The summed E-state index contributed by atoms with van der Waals surface area (Å²) in [7, 11) is 0. The Hall–Kier alpha value is -3.08. The van der Waals surface area contributed by atoms with Crippen molar-refractivity contribution >= 4 is 22.5 Å². The summed E-state index contributed by atoms with van der Waals surface area (Å²) >= 11 is 0. The summed E-state index contributed by atoms with van der Waals surface area (Å²) < 4.78 is 5.75. The highest BCUT2D eigenvalue weighted by atomic mass is 16.5. The van der Waals surface area contributed by atoms with Crippen LogP contribution in [0.2, 0.25) is 0 Å². The predicted octanol–water partition coefficient (Wildman–Crippen LogP) is 4.95. The van der Waals surface area contributed by atoms with Crippen LogP contribution in [0.1, 0.15) is 16.7 Å². The smallest absolute Gasteiger partial charge is 0.319 e. The largest absolute Gasteiger partial charge is 0.491 e. The Bertz CT molecular complexity index is 796. The van der Waals surface area contributed by atoms with Crippen molar-refractivity contribution in [1.29, 1.82) is 0 Å². The van der Waals surface area contributed by atoms with E-state index in [4.69, 9.17) is 4.74 Å². The molecule has 0 bridgehead atoms. The van der Waals surface area contributed by atoms with Crippen LogP contribution in [0.25, 0.3) is 10.8 Å². The summed E-state index contributed by atoms with van der Waals surface area (Å²) in [6.07, 6.45) is 3.54. The van der Waals surface area contributed by atoms with E-state index in [1.807, 2.05) is 68.4 Å². The second kappa shape index (κ2) is 9.93. The summed E-state index contributed by atoms with van der Waals surface area (Å²) in [6.45, 7) is 4.81. The molecule has 134 valence electrons. The van der Waals surface area contributed by atoms with E-state index in [-0.39, 0.29) is 8.88 Å². The lowest BCUT2D eigenvalue weighted by Crippen LogP contribution is -2.32. The molecule has 2 aromatic carbocycles. The Morgan fingerprint density at radius 1 is 1.08 bits per heavy atom. The fourth-order valence-electron chi connectivity index (χ4n) is 2.24. The maximum absolute atomic E-state index is 11.8. The van der Waals surface area contributed by atoms with Crippen LogP contribution in [0.15, 0.2) is 67.0 Å². The number of urea groups is 1. The van der Waals surface area contributed by atoms with E-state index >= 15 is 0 Å². The number of nitrogens with zero attached hydrogens (tertiary/aromatic N) is 1. The Morgan fingerprint density at radius 3 is 2.68 bits per heavy atom. The van der Waals surface area contributed by atoms with Crippen LogP contribution in [0.5, 0.6) is 5.75 Å². The Kier molecular flexibility index (Phi) is 7.25. The van der Waals surface area contributed by atoms with E-state index in [0.29, 0.717) is 13.2 Å². The third kappa shape index (κ3) is 5.49. The van der Waals surface area contributed by atoms with E-state index in [1.165, 1.54) is 0 Å². The summed E-state index contributed by atoms with van der Waals surface area (Å²) in [6, 6.07) is 16.8. The van der Waals surface area contributed by atoms with Gasteiger partial charge in [-0.1, -0.05) is 44.2 Å². The van der Waals surface area contributed by atoms with Crippen LogP contribution in [-0.4, -0.2) is 24.2 Å². The standard InChI is InChI=1S/C18H17N3O2.C2H6.2H2/c22-18(21-15-6-2-1-3-7-15)20-11-12-23-17-8-4-5-14-13-19-10-9-16(14)17;1-2;;/h1-10,13H,11-12H2,(H2,20,21,22);1-2H3;2*1H. The maximum Gasteiger partial charge on any atom is 0.319 e. The molecular formula is C20H27N3O2. The van der Waals surface area contributed by atoms with Crippen molar-refractivity contribution in [2.45, 2.75) is 13.8 Å². The monoisotopic (exact) mass is 341 g/mol. The molecule has 0 atom stereocenters. The second-order valence-corrected chi connectivity index (χ2v) is 4.95. The molecule has 0 saturated heterocycles. The van der Waals surface area contributed by atoms with Gasteiger partial charge in [0, 0.05) is 31.7 Å². The van der Waals surface area contributed by atoms with E-state index < -0.39 is 0 Å². The van der Waals surface area contributed by atoms with Gasteiger partial charge in [-0.2, -0.15) is 0 Å². The molecule has 0 spiro atoms. The van der Waals surface area contributed by atoms with Gasteiger partial charge in [0.25, 0.3) is 0 Å². The first-order valence-corrected chi connectivity index (χ1v) is 8.38. The van der Waals surface area contributed by atoms with Gasteiger partial charge in [-0.05, 0) is 24.3 Å². The van der Waals surface area contributed by atoms with Crippen molar-refractivity contribution in [3.05, 3.63) is 67.0 Å². The molecule has 0 aliphatic rings. The molecule has 5 nitrogen and oxygen atoms in total. The molecule has 2 N–H and O–H groups in total. The molecule has 0 aliphatic carbocycles. The second-order valence-electron chi connectivity index (χ2n) is 4.95. The predicted molar refractivity (Wildman–Crippen MR) is 106 cm³/mol. The van der Waals surface area contributed by atoms with Gasteiger partial charge < -0.3 is 15.4 Å². The minimum atomic E-state index is -0.248. The van der Waals surface area contributed by atoms with E-state index in [1.54, 1.807) is 12.4 Å². The van der Waals surface area contributed by atoms with Crippen molar-refractivity contribution in [2.24, 2.45) is 0 Å². The minimum Gasteiger partial charge on any atom is -0.491 e. The average Bonchev–Trinajstić information content (AvgIpc) is 2.68. The van der Waals surface area contributed by atoms with Crippen LogP contribution in [-0.2, 0) is 0 Å². The van der Waals surface area contributed by atoms with Crippen LogP contribution in [0.4, 0.5) is 10.5 Å². The molecule has 1 aromatic heterocycles. The van der Waals surface area contributed by atoms with Gasteiger partial charge in [0.1, 0.15) is 12.4 Å². The highest BCUT2D eigenvalue weighted by Crippen LogP contribution is 2.24. The van der Waals surface area contributed by atoms with Gasteiger partial charge in [-0.25, -0.2) is 4.79 Å². The number of fused-ring (bicyclic) bond motifs is 1. The molecule has 3 aromatic rings. The molecule has 25 heavy (non-hydrogen) atoms. The Morgan fingerprint density at radius 2 is 1.88 bits per heavy atom. The number of aromatic nitrogens is 1.